The maximum atomic E-state index is 13.0. The first-order valence-corrected chi connectivity index (χ1v) is 10.8. The molecule has 3 aromatic rings. The van der Waals surface area contributed by atoms with E-state index in [-0.39, 0.29) is 5.78 Å². The highest BCUT2D eigenvalue weighted by Gasteiger charge is 2.32. The van der Waals surface area contributed by atoms with Gasteiger partial charge in [-0.2, -0.15) is 0 Å². The van der Waals surface area contributed by atoms with Crippen LogP contribution in [0.2, 0.25) is 5.02 Å². The normalized spacial score (nSPS) is 15.5. The monoisotopic (exact) mass is 428 g/mol. The van der Waals surface area contributed by atoms with Crippen LogP contribution < -0.4 is 4.74 Å². The predicted molar refractivity (Wildman–Crippen MR) is 116 cm³/mol. The maximum absolute atomic E-state index is 13.0. The summed E-state index contributed by atoms with van der Waals surface area (Å²) in [5.41, 5.74) is 3.37. The van der Waals surface area contributed by atoms with Gasteiger partial charge in [0.15, 0.2) is 4.34 Å². The zero-order valence-corrected chi connectivity index (χ0v) is 17.7. The third-order valence-electron chi connectivity index (χ3n) is 4.52. The van der Waals surface area contributed by atoms with E-state index in [2.05, 4.69) is 9.98 Å². The molecule has 2 heterocycles. The van der Waals surface area contributed by atoms with Gasteiger partial charge in [-0.3, -0.25) is 9.79 Å². The Morgan fingerprint density at radius 3 is 2.71 bits per heavy atom. The number of carbonyl (C=O) groups excluding carboxylic acids is 1. The smallest absolute Gasteiger partial charge is 0.211 e. The van der Waals surface area contributed by atoms with E-state index in [1.54, 1.807) is 31.2 Å². The number of carbonyl (C=O) groups is 1. The van der Waals surface area contributed by atoms with Crippen LogP contribution in [0.5, 0.6) is 5.75 Å². The topological polar surface area (TPSA) is 51.6 Å². The predicted octanol–water partition coefficient (Wildman–Crippen LogP) is 5.76. The van der Waals surface area contributed by atoms with Crippen molar-refractivity contribution in [3.05, 3.63) is 74.7 Å². The molecule has 0 spiro atoms. The number of fused-ring (bicyclic) bond motifs is 1. The molecule has 142 valence electrons. The zero-order chi connectivity index (χ0) is 19.7. The van der Waals surface area contributed by atoms with Gasteiger partial charge in [-0.1, -0.05) is 47.6 Å². The minimum absolute atomic E-state index is 0.0961. The van der Waals surface area contributed by atoms with Crippen molar-refractivity contribution in [1.29, 1.82) is 0 Å². The van der Waals surface area contributed by atoms with Gasteiger partial charge >= 0.3 is 0 Å². The number of hydrogen-bond acceptors (Lipinski definition) is 6. The van der Waals surface area contributed by atoms with Gasteiger partial charge in [-0.25, -0.2) is 4.98 Å². The number of hydrogen-bond donors (Lipinski definition) is 0. The molecule has 0 N–H and O–H groups in total. The number of benzene rings is 2. The summed E-state index contributed by atoms with van der Waals surface area (Å²) >= 11 is 9.45. The highest BCUT2D eigenvalue weighted by molar-refractivity contribution is 8.00. The average molecular weight is 429 g/mol. The second-order valence-electron chi connectivity index (χ2n) is 6.34. The summed E-state index contributed by atoms with van der Waals surface area (Å²) < 4.78 is 6.04. The van der Waals surface area contributed by atoms with Gasteiger partial charge in [0, 0.05) is 22.6 Å². The lowest BCUT2D eigenvalue weighted by atomic mass is 9.95. The summed E-state index contributed by atoms with van der Waals surface area (Å²) in [5.74, 6) is 1.51. The van der Waals surface area contributed by atoms with E-state index < -0.39 is 6.04 Å². The molecular weight excluding hydrogens is 412 g/mol. The summed E-state index contributed by atoms with van der Waals surface area (Å²) in [6, 6.07) is 12.9. The highest BCUT2D eigenvalue weighted by atomic mass is 35.5. The van der Waals surface area contributed by atoms with Crippen molar-refractivity contribution >= 4 is 46.7 Å². The number of aryl methyl sites for hydroxylation is 1. The molecule has 28 heavy (non-hydrogen) atoms. The standard InChI is InChI=1S/C21H17ClN2O2S2/c1-12-4-3-5-15(22)17(12)19-20(25)18-16(10-23-19)28-21(24-18)27-11-13-6-8-14(26-2)9-7-13/h3-10,19H,11H2,1-2H3. The Morgan fingerprint density at radius 2 is 2.00 bits per heavy atom. The van der Waals surface area contributed by atoms with E-state index in [9.17, 15) is 4.79 Å². The molecule has 0 fully saturated rings. The van der Waals surface area contributed by atoms with Crippen molar-refractivity contribution in [2.24, 2.45) is 4.99 Å². The van der Waals surface area contributed by atoms with Gasteiger partial charge in [0.1, 0.15) is 17.5 Å². The fourth-order valence-electron chi connectivity index (χ4n) is 3.04. The molecule has 1 aliphatic rings. The maximum Gasteiger partial charge on any atom is 0.211 e. The molecule has 1 aliphatic heterocycles. The Bertz CT molecular complexity index is 1040. The minimum Gasteiger partial charge on any atom is -0.497 e. The Labute approximate surface area is 176 Å². The number of thioether (sulfide) groups is 1. The van der Waals surface area contributed by atoms with Crippen LogP contribution in [0.3, 0.4) is 0 Å². The molecule has 0 saturated carbocycles. The Morgan fingerprint density at radius 1 is 1.21 bits per heavy atom. The molecule has 2 aromatic carbocycles. The number of thiazole rings is 1. The molecular formula is C21H17ClN2O2S2. The number of nitrogens with zero attached hydrogens (tertiary/aromatic N) is 2. The zero-order valence-electron chi connectivity index (χ0n) is 15.3. The van der Waals surface area contributed by atoms with Crippen LogP contribution in [-0.4, -0.2) is 24.1 Å². The van der Waals surface area contributed by atoms with Crippen LogP contribution in [-0.2, 0) is 5.75 Å². The van der Waals surface area contributed by atoms with Gasteiger partial charge in [0.25, 0.3) is 0 Å². The summed E-state index contributed by atoms with van der Waals surface area (Å²) in [5, 5.41) is 0.559. The first-order chi connectivity index (χ1) is 13.6. The summed E-state index contributed by atoms with van der Waals surface area (Å²) in [6.45, 7) is 1.94. The molecule has 1 unspecified atom stereocenters. The third-order valence-corrected chi connectivity index (χ3v) is 7.06. The summed E-state index contributed by atoms with van der Waals surface area (Å²) in [7, 11) is 1.65. The Balaban J connectivity index is 1.53. The Hall–Kier alpha value is -2.15. The number of aliphatic imine (C=N–C) groups is 1. The van der Waals surface area contributed by atoms with Gasteiger partial charge in [-0.15, -0.1) is 11.3 Å². The molecule has 4 nitrogen and oxygen atoms in total. The molecule has 1 atom stereocenters. The van der Waals surface area contributed by atoms with E-state index >= 15 is 0 Å². The molecule has 4 rings (SSSR count). The third kappa shape index (κ3) is 3.72. The van der Waals surface area contributed by atoms with Crippen molar-refractivity contribution in [3.8, 4) is 5.75 Å². The van der Waals surface area contributed by atoms with Crippen LogP contribution in [0, 0.1) is 6.92 Å². The highest BCUT2D eigenvalue weighted by Crippen LogP contribution is 2.37. The van der Waals surface area contributed by atoms with E-state index in [1.165, 1.54) is 16.9 Å². The quantitative estimate of drug-likeness (QED) is 0.484. The number of halogens is 1. The van der Waals surface area contributed by atoms with Crippen molar-refractivity contribution in [2.45, 2.75) is 23.1 Å². The number of methoxy groups -OCH3 is 1. The van der Waals surface area contributed by atoms with Gasteiger partial charge in [0.05, 0.1) is 12.0 Å². The van der Waals surface area contributed by atoms with E-state index in [0.717, 1.165) is 31.8 Å². The second-order valence-corrected chi connectivity index (χ2v) is 9.01. The van der Waals surface area contributed by atoms with Crippen molar-refractivity contribution < 1.29 is 9.53 Å². The fourth-order valence-corrected chi connectivity index (χ4v) is 5.37. The fraction of sp³-hybridized carbons (Fsp3) is 0.190. The molecule has 0 amide bonds. The molecule has 0 radical (unpaired) electrons. The van der Waals surface area contributed by atoms with Crippen LogP contribution in [0.4, 0.5) is 0 Å². The number of ketones is 1. The SMILES string of the molecule is COc1ccc(CSc2nc3c(s2)C=NC(c2c(C)cccc2Cl)C3=O)cc1. The van der Waals surface area contributed by atoms with Crippen molar-refractivity contribution in [1.82, 2.24) is 4.98 Å². The molecule has 0 aliphatic carbocycles. The molecule has 1 aromatic heterocycles. The Kier molecular flexibility index (Phi) is 5.53. The van der Waals surface area contributed by atoms with Crippen LogP contribution in [0.25, 0.3) is 0 Å². The van der Waals surface area contributed by atoms with Crippen LogP contribution in [0.1, 0.15) is 38.1 Å². The first-order valence-electron chi connectivity index (χ1n) is 8.66. The first kappa shape index (κ1) is 19.2. The number of rotatable bonds is 5. The minimum atomic E-state index is -0.622. The number of aromatic nitrogens is 1. The van der Waals surface area contributed by atoms with Crippen molar-refractivity contribution in [3.63, 3.8) is 0 Å². The van der Waals surface area contributed by atoms with Gasteiger partial charge in [0.2, 0.25) is 5.78 Å². The summed E-state index contributed by atoms with van der Waals surface area (Å²) in [4.78, 5) is 22.9. The van der Waals surface area contributed by atoms with E-state index in [4.69, 9.17) is 16.3 Å². The average Bonchev–Trinajstić information content (AvgIpc) is 3.12. The van der Waals surface area contributed by atoms with Crippen LogP contribution >= 0.6 is 34.7 Å². The lowest BCUT2D eigenvalue weighted by Crippen LogP contribution is -2.18. The molecule has 0 bridgehead atoms. The largest absolute Gasteiger partial charge is 0.497 e. The lowest BCUT2D eigenvalue weighted by Gasteiger charge is -2.17. The number of Topliss-reactive ketones (excluding diaryl/α,β-unsaturated/α-hetero) is 1. The van der Waals surface area contributed by atoms with E-state index in [0.29, 0.717) is 10.7 Å². The summed E-state index contributed by atoms with van der Waals surface area (Å²) in [6.07, 6.45) is 1.75. The molecule has 0 saturated heterocycles. The molecule has 7 heteroatoms. The van der Waals surface area contributed by atoms with Crippen LogP contribution in [0.15, 0.2) is 51.8 Å². The lowest BCUT2D eigenvalue weighted by molar-refractivity contribution is 0.0955. The van der Waals surface area contributed by atoms with Crippen molar-refractivity contribution in [2.75, 3.05) is 7.11 Å². The number of ether oxygens (including phenoxy) is 1. The van der Waals surface area contributed by atoms with Gasteiger partial charge < -0.3 is 4.74 Å². The van der Waals surface area contributed by atoms with Gasteiger partial charge in [-0.05, 0) is 36.2 Å². The van der Waals surface area contributed by atoms with E-state index in [1.807, 2.05) is 43.3 Å². The second kappa shape index (κ2) is 8.07.